The normalized spacial score (nSPS) is 12.3. The van der Waals surface area contributed by atoms with Gasteiger partial charge in [0.25, 0.3) is 0 Å². The maximum atomic E-state index is 13.3. The Bertz CT molecular complexity index is 1640. The molecule has 0 saturated heterocycles. The number of carbonyl (C=O) groups excluding carboxylic acids is 1. The number of allylic oxidation sites excluding steroid dienone is 2. The average Bonchev–Trinajstić information content (AvgIpc) is 2.97. The summed E-state index contributed by atoms with van der Waals surface area (Å²) in [7, 11) is 0. The van der Waals surface area contributed by atoms with E-state index in [1.807, 2.05) is 65.8 Å². The molecule has 1 N–H and O–H groups in total. The van der Waals surface area contributed by atoms with Crippen LogP contribution in [-0.2, 0) is 31.3 Å². The maximum absolute atomic E-state index is 13.3. The van der Waals surface area contributed by atoms with Gasteiger partial charge in [-0.05, 0) is 60.3 Å². The van der Waals surface area contributed by atoms with E-state index in [9.17, 15) is 23.1 Å². The van der Waals surface area contributed by atoms with Crippen molar-refractivity contribution in [3.8, 4) is 11.3 Å². The first kappa shape index (κ1) is 39.1. The molecule has 0 unspecified atom stereocenters. The van der Waals surface area contributed by atoms with E-state index < -0.39 is 11.6 Å². The van der Waals surface area contributed by atoms with Crippen LogP contribution in [0.5, 0.6) is 0 Å². The minimum Gasteiger partial charge on any atom is -0.512 e. The second-order valence-corrected chi connectivity index (χ2v) is 12.5. The van der Waals surface area contributed by atoms with Crippen LogP contribution >= 0.6 is 0 Å². The Kier molecular flexibility index (Phi) is 14.1. The van der Waals surface area contributed by atoms with Crippen molar-refractivity contribution in [3.05, 3.63) is 83.4 Å². The largest absolute Gasteiger partial charge is 0.512 e. The molecule has 2 aromatic heterocycles. The minimum absolute atomic E-state index is 0. The van der Waals surface area contributed by atoms with E-state index in [4.69, 9.17) is 0 Å². The van der Waals surface area contributed by atoms with Gasteiger partial charge in [0.2, 0.25) is 0 Å². The van der Waals surface area contributed by atoms with Gasteiger partial charge < -0.3 is 10.1 Å². The van der Waals surface area contributed by atoms with Gasteiger partial charge in [-0.25, -0.2) is 0 Å². The van der Waals surface area contributed by atoms with Gasteiger partial charge >= 0.3 is 6.18 Å². The predicted molar refractivity (Wildman–Crippen MR) is 178 cm³/mol. The fourth-order valence-electron chi connectivity index (χ4n) is 5.58. The fourth-order valence-corrected chi connectivity index (χ4v) is 5.58. The second-order valence-electron chi connectivity index (χ2n) is 12.5. The van der Waals surface area contributed by atoms with Gasteiger partial charge in [-0.3, -0.25) is 9.78 Å². The molecule has 0 atom stereocenters. The van der Waals surface area contributed by atoms with Crippen LogP contribution < -0.4 is 0 Å². The molecule has 4 rings (SSSR count). The van der Waals surface area contributed by atoms with Gasteiger partial charge in [0, 0.05) is 61.7 Å². The van der Waals surface area contributed by atoms with Gasteiger partial charge in [0.15, 0.2) is 5.78 Å². The summed E-state index contributed by atoms with van der Waals surface area (Å²) in [6.07, 6.45) is 2.21. The van der Waals surface area contributed by atoms with Crippen molar-refractivity contribution in [2.45, 2.75) is 93.7 Å². The SMILES string of the molecule is CCC(CC)C(=O)/C=C(\O)C(CC)CC.Cc1[c-]c(-c2nccc3c2ccc2nc(CC(C)(C)C(F)(F)F)ccc23)cc(C)c1.[Ir]. The number of alkyl halides is 3. The van der Waals surface area contributed by atoms with E-state index in [2.05, 4.69) is 28.2 Å². The first-order valence-corrected chi connectivity index (χ1v) is 15.8. The maximum Gasteiger partial charge on any atom is 0.394 e. The molecule has 0 bridgehead atoms. The molecule has 0 spiro atoms. The Labute approximate surface area is 285 Å². The number of ketones is 1. The molecule has 2 heterocycles. The number of benzene rings is 2. The fraction of sp³-hybridized carbons (Fsp3) is 0.447. The number of aromatic nitrogens is 2. The average molecular weight is 812 g/mol. The predicted octanol–water partition coefficient (Wildman–Crippen LogP) is 10.9. The van der Waals surface area contributed by atoms with Crippen LogP contribution in [0, 0.1) is 37.2 Å². The third-order valence-electron chi connectivity index (χ3n) is 8.55. The summed E-state index contributed by atoms with van der Waals surface area (Å²) in [6, 6.07) is 16.8. The Morgan fingerprint density at radius 3 is 2.07 bits per heavy atom. The second kappa shape index (κ2) is 16.6. The third-order valence-corrected chi connectivity index (χ3v) is 8.55. The van der Waals surface area contributed by atoms with Crippen molar-refractivity contribution in [2.75, 3.05) is 0 Å². The smallest absolute Gasteiger partial charge is 0.394 e. The summed E-state index contributed by atoms with van der Waals surface area (Å²) in [5.74, 6) is 0.547. The van der Waals surface area contributed by atoms with Crippen LogP contribution in [0.15, 0.2) is 60.5 Å². The summed E-state index contributed by atoms with van der Waals surface area (Å²) < 4.78 is 39.8. The van der Waals surface area contributed by atoms with Crippen molar-refractivity contribution in [3.63, 3.8) is 0 Å². The van der Waals surface area contributed by atoms with Crippen LogP contribution in [-0.4, -0.2) is 27.0 Å². The van der Waals surface area contributed by atoms with E-state index in [-0.39, 0.29) is 49.9 Å². The van der Waals surface area contributed by atoms with Gasteiger partial charge in [-0.2, -0.15) is 13.2 Å². The van der Waals surface area contributed by atoms with Crippen molar-refractivity contribution in [1.29, 1.82) is 0 Å². The third kappa shape index (κ3) is 9.48. The number of fused-ring (bicyclic) bond motifs is 3. The Morgan fingerprint density at radius 2 is 1.50 bits per heavy atom. The molecule has 2 aromatic carbocycles. The van der Waals surface area contributed by atoms with Crippen LogP contribution in [0.3, 0.4) is 0 Å². The van der Waals surface area contributed by atoms with Crippen LogP contribution in [0.25, 0.3) is 32.9 Å². The van der Waals surface area contributed by atoms with Gasteiger partial charge in [-0.15, -0.1) is 34.9 Å². The molecule has 0 aliphatic rings. The van der Waals surface area contributed by atoms with Gasteiger partial charge in [-0.1, -0.05) is 67.5 Å². The monoisotopic (exact) mass is 812 g/mol. The number of aryl methyl sites for hydroxylation is 2. The van der Waals surface area contributed by atoms with Crippen molar-refractivity contribution < 1.29 is 43.2 Å². The number of nitrogens with zero attached hydrogens (tertiary/aromatic N) is 2. The zero-order valence-electron chi connectivity index (χ0n) is 28.1. The number of carbonyl (C=O) groups is 1. The Morgan fingerprint density at radius 1 is 0.891 bits per heavy atom. The number of hydrogen-bond acceptors (Lipinski definition) is 4. The summed E-state index contributed by atoms with van der Waals surface area (Å²) in [6.45, 7) is 14.5. The van der Waals surface area contributed by atoms with E-state index in [1.54, 1.807) is 12.3 Å². The van der Waals surface area contributed by atoms with Crippen molar-refractivity contribution in [2.24, 2.45) is 17.3 Å². The van der Waals surface area contributed by atoms with E-state index >= 15 is 0 Å². The van der Waals surface area contributed by atoms with Crippen molar-refractivity contribution in [1.82, 2.24) is 9.97 Å². The van der Waals surface area contributed by atoms with Crippen LogP contribution in [0.2, 0.25) is 0 Å². The molecule has 46 heavy (non-hydrogen) atoms. The summed E-state index contributed by atoms with van der Waals surface area (Å²) in [5.41, 5.74) is 3.22. The number of hydrogen-bond donors (Lipinski definition) is 1. The first-order valence-electron chi connectivity index (χ1n) is 15.8. The number of halogens is 3. The van der Waals surface area contributed by atoms with Crippen LogP contribution in [0.4, 0.5) is 13.2 Å². The summed E-state index contributed by atoms with van der Waals surface area (Å²) in [4.78, 5) is 20.8. The molecule has 4 aromatic rings. The number of rotatable bonds is 10. The molecular formula is C38H46F3IrN2O2-. The zero-order valence-corrected chi connectivity index (χ0v) is 30.5. The first-order chi connectivity index (χ1) is 21.1. The standard InChI is InChI=1S/C25H22F3N2.C13H24O2.Ir/c1-15-11-16(2)13-17(12-15)23-21-7-8-22-20(19(21)9-10-29-23)6-5-18(30-22)14-24(3,4)25(26,27)28;1-5-10(6-2)12(14)9-13(15)11(7-3)8-4;/h5-12H,14H2,1-4H3;9-11,14H,5-8H2,1-4H3;/q-1;;/b;12-9-;. The quantitative estimate of drug-likeness (QED) is 0.0750. The molecule has 0 aliphatic heterocycles. The zero-order chi connectivity index (χ0) is 33.5. The number of aliphatic hydroxyl groups excluding tert-OH is 1. The van der Waals surface area contributed by atoms with E-state index in [0.717, 1.165) is 64.2 Å². The molecule has 0 fully saturated rings. The molecule has 0 saturated carbocycles. The Balaban J connectivity index is 0.000000394. The summed E-state index contributed by atoms with van der Waals surface area (Å²) in [5, 5.41) is 12.6. The summed E-state index contributed by atoms with van der Waals surface area (Å²) >= 11 is 0. The van der Waals surface area contributed by atoms with E-state index in [0.29, 0.717) is 11.2 Å². The molecule has 251 valence electrons. The molecule has 8 heteroatoms. The molecule has 0 amide bonds. The topological polar surface area (TPSA) is 63.1 Å². The van der Waals surface area contributed by atoms with E-state index in [1.165, 1.54) is 19.9 Å². The molecular weight excluding hydrogens is 766 g/mol. The molecule has 4 nitrogen and oxygen atoms in total. The molecule has 1 radical (unpaired) electrons. The van der Waals surface area contributed by atoms with Crippen molar-refractivity contribution >= 4 is 27.5 Å². The van der Waals surface area contributed by atoms with Gasteiger partial charge in [0.1, 0.15) is 0 Å². The number of pyridine rings is 2. The Hall–Kier alpha value is -3.09. The molecule has 0 aliphatic carbocycles. The van der Waals surface area contributed by atoms with Gasteiger partial charge in [0.05, 0.1) is 16.7 Å². The minimum atomic E-state index is -4.28. The van der Waals surface area contributed by atoms with Crippen LogP contribution in [0.1, 0.15) is 84.0 Å². The number of aliphatic hydroxyl groups is 1.